The molecule has 1 aliphatic heterocycles. The van der Waals surface area contributed by atoms with E-state index < -0.39 is 0 Å². The maximum absolute atomic E-state index is 14.0. The van der Waals surface area contributed by atoms with Crippen LogP contribution in [0.1, 0.15) is 12.8 Å². The number of aromatic nitrogens is 3. The van der Waals surface area contributed by atoms with Gasteiger partial charge in [-0.15, -0.1) is 0 Å². The fraction of sp³-hybridized carbons (Fsp3) is 0.286. The molecular formula is C14H15FN4O. The minimum atomic E-state index is -0.343. The van der Waals surface area contributed by atoms with Crippen molar-refractivity contribution in [3.8, 4) is 5.69 Å². The van der Waals surface area contributed by atoms with E-state index in [0.29, 0.717) is 12.2 Å². The number of rotatable bonds is 4. The molecule has 0 radical (unpaired) electrons. The average Bonchev–Trinajstić information content (AvgIpc) is 3.00. The lowest BCUT2D eigenvalue weighted by molar-refractivity contribution is 0.135. The second kappa shape index (κ2) is 5.73. The molecule has 1 atom stereocenters. The van der Waals surface area contributed by atoms with Gasteiger partial charge in [-0.3, -0.25) is 0 Å². The van der Waals surface area contributed by atoms with Crippen molar-refractivity contribution in [1.82, 2.24) is 14.8 Å². The summed E-state index contributed by atoms with van der Waals surface area (Å²) < 4.78 is 20.9. The molecule has 0 amide bonds. The molecule has 2 heterocycles. The third-order valence-corrected chi connectivity index (χ3v) is 3.17. The van der Waals surface area contributed by atoms with Gasteiger partial charge in [0.2, 0.25) is 0 Å². The molecule has 20 heavy (non-hydrogen) atoms. The normalized spacial score (nSPS) is 17.8. The van der Waals surface area contributed by atoms with E-state index in [2.05, 4.69) is 15.4 Å². The summed E-state index contributed by atoms with van der Waals surface area (Å²) in [6, 6.07) is 4.95. The minimum absolute atomic E-state index is 0.137. The number of anilines is 1. The van der Waals surface area contributed by atoms with Crippen LogP contribution in [0.2, 0.25) is 0 Å². The summed E-state index contributed by atoms with van der Waals surface area (Å²) in [4.78, 5) is 3.81. The highest BCUT2D eigenvalue weighted by Gasteiger charge is 2.11. The van der Waals surface area contributed by atoms with Gasteiger partial charge in [0.1, 0.15) is 24.4 Å². The fourth-order valence-electron chi connectivity index (χ4n) is 2.10. The molecule has 104 valence electrons. The van der Waals surface area contributed by atoms with E-state index in [-0.39, 0.29) is 11.9 Å². The number of halogens is 1. The lowest BCUT2D eigenvalue weighted by Gasteiger charge is -2.20. The molecule has 0 bridgehead atoms. The van der Waals surface area contributed by atoms with Gasteiger partial charge in [-0.2, -0.15) is 5.10 Å². The topological polar surface area (TPSA) is 52.0 Å². The summed E-state index contributed by atoms with van der Waals surface area (Å²) in [7, 11) is 0. The van der Waals surface area contributed by atoms with Gasteiger partial charge < -0.3 is 10.1 Å². The molecule has 0 saturated carbocycles. The van der Waals surface area contributed by atoms with Crippen LogP contribution in [0.4, 0.5) is 10.1 Å². The van der Waals surface area contributed by atoms with Gasteiger partial charge in [-0.05, 0) is 37.1 Å². The first-order chi connectivity index (χ1) is 9.83. The molecule has 0 saturated heterocycles. The van der Waals surface area contributed by atoms with Crippen molar-refractivity contribution in [2.24, 2.45) is 0 Å². The third kappa shape index (κ3) is 2.79. The van der Waals surface area contributed by atoms with Crippen molar-refractivity contribution in [3.05, 3.63) is 49.0 Å². The first-order valence-electron chi connectivity index (χ1n) is 6.52. The van der Waals surface area contributed by atoms with E-state index in [4.69, 9.17) is 4.74 Å². The third-order valence-electron chi connectivity index (χ3n) is 3.17. The standard InChI is InChI=1S/C14H15FN4O/c15-13-7-11(17-8-12-3-1-2-6-20-12)4-5-14(13)19-10-16-9-18-19/h2,4-7,9-10,12,17H,1,3,8H2. The Bertz CT molecular complexity index is 597. The molecule has 0 aliphatic carbocycles. The summed E-state index contributed by atoms with van der Waals surface area (Å²) >= 11 is 0. The number of benzene rings is 1. The Balaban J connectivity index is 1.66. The largest absolute Gasteiger partial charge is 0.497 e. The van der Waals surface area contributed by atoms with E-state index in [1.807, 2.05) is 12.1 Å². The molecule has 0 fully saturated rings. The Hall–Kier alpha value is -2.37. The van der Waals surface area contributed by atoms with Gasteiger partial charge in [0, 0.05) is 5.69 Å². The lowest BCUT2D eigenvalue weighted by atomic mass is 10.1. The van der Waals surface area contributed by atoms with E-state index in [1.165, 1.54) is 23.4 Å². The molecule has 1 aromatic heterocycles. The number of hydrogen-bond acceptors (Lipinski definition) is 4. The Labute approximate surface area is 116 Å². The summed E-state index contributed by atoms with van der Waals surface area (Å²) in [5, 5.41) is 7.10. The van der Waals surface area contributed by atoms with Gasteiger partial charge in [-0.25, -0.2) is 14.1 Å². The Morgan fingerprint density at radius 2 is 2.40 bits per heavy atom. The maximum atomic E-state index is 14.0. The predicted octanol–water partition coefficient (Wildman–Crippen LogP) is 2.51. The van der Waals surface area contributed by atoms with Crippen molar-refractivity contribution in [2.45, 2.75) is 18.9 Å². The zero-order chi connectivity index (χ0) is 13.8. The highest BCUT2D eigenvalue weighted by Crippen LogP contribution is 2.18. The van der Waals surface area contributed by atoms with Crippen molar-refractivity contribution >= 4 is 5.69 Å². The molecule has 2 aromatic rings. The van der Waals surface area contributed by atoms with Crippen LogP contribution in [-0.4, -0.2) is 27.4 Å². The van der Waals surface area contributed by atoms with Crippen molar-refractivity contribution in [1.29, 1.82) is 0 Å². The smallest absolute Gasteiger partial charge is 0.150 e. The van der Waals surface area contributed by atoms with Crippen LogP contribution in [-0.2, 0) is 4.74 Å². The second-order valence-corrected chi connectivity index (χ2v) is 4.59. The summed E-state index contributed by atoms with van der Waals surface area (Å²) in [5.74, 6) is -0.343. The minimum Gasteiger partial charge on any atom is -0.497 e. The lowest BCUT2D eigenvalue weighted by Crippen LogP contribution is -2.23. The second-order valence-electron chi connectivity index (χ2n) is 4.59. The molecule has 1 aromatic carbocycles. The molecule has 5 nitrogen and oxygen atoms in total. The predicted molar refractivity (Wildman–Crippen MR) is 73.1 cm³/mol. The highest BCUT2D eigenvalue weighted by atomic mass is 19.1. The fourth-order valence-corrected chi connectivity index (χ4v) is 2.10. The van der Waals surface area contributed by atoms with Gasteiger partial charge in [0.15, 0.2) is 5.82 Å². The Morgan fingerprint density at radius 3 is 3.10 bits per heavy atom. The number of hydrogen-bond donors (Lipinski definition) is 1. The van der Waals surface area contributed by atoms with Gasteiger partial charge in [-0.1, -0.05) is 0 Å². The summed E-state index contributed by atoms with van der Waals surface area (Å²) in [6.45, 7) is 0.659. The molecular weight excluding hydrogens is 259 g/mol. The Kier molecular flexibility index (Phi) is 3.62. The van der Waals surface area contributed by atoms with Crippen molar-refractivity contribution < 1.29 is 9.13 Å². The maximum Gasteiger partial charge on any atom is 0.150 e. The quantitative estimate of drug-likeness (QED) is 0.930. The molecule has 1 unspecified atom stereocenters. The number of nitrogens with zero attached hydrogens (tertiary/aromatic N) is 3. The van der Waals surface area contributed by atoms with Gasteiger partial charge in [0.05, 0.1) is 12.8 Å². The van der Waals surface area contributed by atoms with E-state index >= 15 is 0 Å². The van der Waals surface area contributed by atoms with Crippen LogP contribution in [0.25, 0.3) is 5.69 Å². The zero-order valence-electron chi connectivity index (χ0n) is 10.9. The zero-order valence-corrected chi connectivity index (χ0v) is 10.9. The molecule has 0 spiro atoms. The van der Waals surface area contributed by atoms with Crippen LogP contribution in [0.15, 0.2) is 43.2 Å². The van der Waals surface area contributed by atoms with E-state index in [0.717, 1.165) is 18.5 Å². The monoisotopic (exact) mass is 274 g/mol. The molecule has 1 aliphatic rings. The molecule has 3 rings (SSSR count). The van der Waals surface area contributed by atoms with Crippen molar-refractivity contribution in [3.63, 3.8) is 0 Å². The van der Waals surface area contributed by atoms with Crippen LogP contribution in [0.3, 0.4) is 0 Å². The van der Waals surface area contributed by atoms with Crippen molar-refractivity contribution in [2.75, 3.05) is 11.9 Å². The highest BCUT2D eigenvalue weighted by molar-refractivity contribution is 5.49. The molecule has 6 heteroatoms. The number of allylic oxidation sites excluding steroid dienone is 1. The summed E-state index contributed by atoms with van der Waals surface area (Å²) in [5.41, 5.74) is 1.11. The van der Waals surface area contributed by atoms with Crippen LogP contribution in [0.5, 0.6) is 0 Å². The molecule has 1 N–H and O–H groups in total. The summed E-state index contributed by atoms with van der Waals surface area (Å²) in [6.07, 6.45) is 8.70. The number of nitrogens with one attached hydrogen (secondary N) is 1. The van der Waals surface area contributed by atoms with Gasteiger partial charge in [0.25, 0.3) is 0 Å². The SMILES string of the molecule is Fc1cc(NCC2CCC=CO2)ccc1-n1cncn1. The Morgan fingerprint density at radius 1 is 1.45 bits per heavy atom. The van der Waals surface area contributed by atoms with Crippen LogP contribution >= 0.6 is 0 Å². The van der Waals surface area contributed by atoms with Crippen LogP contribution < -0.4 is 5.32 Å². The first kappa shape index (κ1) is 12.7. The number of ether oxygens (including phenoxy) is 1. The van der Waals surface area contributed by atoms with Gasteiger partial charge >= 0.3 is 0 Å². The van der Waals surface area contributed by atoms with E-state index in [1.54, 1.807) is 12.3 Å². The van der Waals surface area contributed by atoms with E-state index in [9.17, 15) is 4.39 Å². The first-order valence-corrected chi connectivity index (χ1v) is 6.52. The van der Waals surface area contributed by atoms with Crippen LogP contribution in [0, 0.1) is 5.82 Å². The average molecular weight is 274 g/mol.